The van der Waals surface area contributed by atoms with Gasteiger partial charge in [0.05, 0.1) is 0 Å². The van der Waals surface area contributed by atoms with Crippen LogP contribution in [0.2, 0.25) is 0 Å². The molecule has 0 fully saturated rings. The summed E-state index contributed by atoms with van der Waals surface area (Å²) in [4.78, 5) is 49.9. The van der Waals surface area contributed by atoms with Crippen LogP contribution < -0.4 is 11.5 Å². The molecule has 5 rings (SSSR count). The SMILES string of the molecule is NC(=O)CCCCC(=O)N1Cc2cccc(c2)C1.NC(=O)c1cccc(C(=O)N2Cc3cccc(c3)C2)c1. The fourth-order valence-electron chi connectivity index (χ4n) is 4.69. The number of rotatable bonds is 7. The number of unbranched alkanes of at least 4 members (excludes halogenated alkanes) is 1. The van der Waals surface area contributed by atoms with Gasteiger partial charge >= 0.3 is 0 Å². The minimum atomic E-state index is -0.525. The number of nitrogens with two attached hydrogens (primary N) is 2. The topological polar surface area (TPSA) is 127 Å². The maximum atomic E-state index is 12.5. The number of carbonyl (C=O) groups excluding carboxylic acids is 4. The second kappa shape index (κ2) is 12.2. The fourth-order valence-corrected chi connectivity index (χ4v) is 4.69. The Morgan fingerprint density at radius 2 is 1.08 bits per heavy atom. The first-order chi connectivity index (χ1) is 18.3. The van der Waals surface area contributed by atoms with Crippen molar-refractivity contribution in [2.45, 2.75) is 51.9 Å². The van der Waals surface area contributed by atoms with Crippen LogP contribution in [-0.2, 0) is 35.8 Å². The van der Waals surface area contributed by atoms with Gasteiger partial charge in [0, 0.05) is 50.1 Å². The largest absolute Gasteiger partial charge is 0.370 e. The molecule has 0 unspecified atom stereocenters. The first kappa shape index (κ1) is 26.6. The molecule has 196 valence electrons. The van der Waals surface area contributed by atoms with Crippen LogP contribution in [0.3, 0.4) is 0 Å². The summed E-state index contributed by atoms with van der Waals surface area (Å²) in [5.74, 6) is -0.745. The Bertz CT molecular complexity index is 1310. The van der Waals surface area contributed by atoms with Crippen molar-refractivity contribution in [1.29, 1.82) is 0 Å². The lowest BCUT2D eigenvalue weighted by Crippen LogP contribution is -2.32. The number of fused-ring (bicyclic) bond motifs is 4. The molecular formula is C30H32N4O4. The van der Waals surface area contributed by atoms with Crippen LogP contribution in [0.4, 0.5) is 0 Å². The van der Waals surface area contributed by atoms with E-state index in [4.69, 9.17) is 11.5 Å². The maximum Gasteiger partial charge on any atom is 0.254 e. The molecule has 3 aromatic rings. The molecule has 38 heavy (non-hydrogen) atoms. The van der Waals surface area contributed by atoms with Gasteiger partial charge in [-0.15, -0.1) is 0 Å². The van der Waals surface area contributed by atoms with Gasteiger partial charge in [-0.2, -0.15) is 0 Å². The van der Waals surface area contributed by atoms with E-state index in [0.29, 0.717) is 56.6 Å². The minimum absolute atomic E-state index is 0.0834. The standard InChI is InChI=1S/C16H14N2O2.C14H18N2O2/c17-15(19)13-5-2-6-14(8-13)16(20)18-9-11-3-1-4-12(7-11)10-18;15-13(17)6-1-2-7-14(18)16-9-11-4-3-5-12(8-11)10-16/h1-8H,9-10H2,(H2,17,19);3-5,8H,1-2,6-7,9-10H2,(H2,15,17). The Kier molecular flexibility index (Phi) is 8.53. The van der Waals surface area contributed by atoms with Crippen molar-refractivity contribution in [1.82, 2.24) is 9.80 Å². The quantitative estimate of drug-likeness (QED) is 0.470. The Hall–Kier alpha value is -4.46. The third kappa shape index (κ3) is 7.06. The van der Waals surface area contributed by atoms with Crippen molar-refractivity contribution >= 4 is 23.6 Å². The van der Waals surface area contributed by atoms with Crippen LogP contribution in [0.5, 0.6) is 0 Å². The second-order valence-corrected chi connectivity index (χ2v) is 9.67. The number of hydrogen-bond donors (Lipinski definition) is 2. The van der Waals surface area contributed by atoms with E-state index >= 15 is 0 Å². The molecule has 0 aromatic heterocycles. The summed E-state index contributed by atoms with van der Waals surface area (Å²) in [6.07, 6.45) is 2.29. The summed E-state index contributed by atoms with van der Waals surface area (Å²) in [7, 11) is 0. The van der Waals surface area contributed by atoms with Crippen molar-refractivity contribution in [2.75, 3.05) is 0 Å². The van der Waals surface area contributed by atoms with Gasteiger partial charge in [0.25, 0.3) is 5.91 Å². The van der Waals surface area contributed by atoms with E-state index in [1.165, 1.54) is 11.1 Å². The molecule has 2 aliphatic heterocycles. The van der Waals surface area contributed by atoms with Crippen molar-refractivity contribution in [3.63, 3.8) is 0 Å². The molecule has 2 aliphatic rings. The molecule has 0 saturated heterocycles. The molecule has 4 amide bonds. The number of amides is 4. The summed E-state index contributed by atoms with van der Waals surface area (Å²) in [5.41, 5.74) is 15.8. The predicted octanol–water partition coefficient (Wildman–Crippen LogP) is 3.52. The average molecular weight is 513 g/mol. The molecule has 0 radical (unpaired) electrons. The number of primary amides is 2. The zero-order valence-electron chi connectivity index (χ0n) is 21.3. The van der Waals surface area contributed by atoms with Crippen LogP contribution in [-0.4, -0.2) is 33.4 Å². The van der Waals surface area contributed by atoms with Gasteiger partial charge in [-0.25, -0.2) is 0 Å². The fraction of sp³-hybridized carbons (Fsp3) is 0.267. The highest BCUT2D eigenvalue weighted by Crippen LogP contribution is 2.21. The van der Waals surface area contributed by atoms with Crippen LogP contribution in [0.1, 0.15) is 68.7 Å². The Balaban J connectivity index is 0.000000178. The van der Waals surface area contributed by atoms with E-state index in [2.05, 4.69) is 12.1 Å². The third-order valence-electron chi connectivity index (χ3n) is 6.57. The van der Waals surface area contributed by atoms with E-state index in [1.807, 2.05) is 41.3 Å². The van der Waals surface area contributed by atoms with Crippen molar-refractivity contribution in [2.24, 2.45) is 11.5 Å². The summed E-state index contributed by atoms with van der Waals surface area (Å²) in [6, 6.07) is 22.9. The Labute approximate surface area is 222 Å². The average Bonchev–Trinajstić information content (AvgIpc) is 2.90. The highest BCUT2D eigenvalue weighted by atomic mass is 16.2. The first-order valence-corrected chi connectivity index (χ1v) is 12.7. The number of benzene rings is 3. The molecule has 0 aliphatic carbocycles. The number of carbonyl (C=O) groups is 4. The van der Waals surface area contributed by atoms with E-state index in [1.54, 1.807) is 29.2 Å². The lowest BCUT2D eigenvalue weighted by atomic mass is 10.0. The van der Waals surface area contributed by atoms with Crippen LogP contribution >= 0.6 is 0 Å². The molecule has 3 aromatic carbocycles. The van der Waals surface area contributed by atoms with Gasteiger partial charge < -0.3 is 21.3 Å². The summed E-state index contributed by atoms with van der Waals surface area (Å²) < 4.78 is 0. The summed E-state index contributed by atoms with van der Waals surface area (Å²) in [5, 5.41) is 0. The van der Waals surface area contributed by atoms with Gasteiger partial charge in [-0.3, -0.25) is 19.2 Å². The minimum Gasteiger partial charge on any atom is -0.370 e. The summed E-state index contributed by atoms with van der Waals surface area (Å²) >= 11 is 0. The maximum absolute atomic E-state index is 12.5. The van der Waals surface area contributed by atoms with Gasteiger partial charge in [0.1, 0.15) is 0 Å². The van der Waals surface area contributed by atoms with Gasteiger partial charge in [0.15, 0.2) is 0 Å². The van der Waals surface area contributed by atoms with Crippen molar-refractivity contribution in [3.05, 3.63) is 106 Å². The molecule has 0 spiro atoms. The number of nitrogens with zero attached hydrogens (tertiary/aromatic N) is 2. The lowest BCUT2D eigenvalue weighted by molar-refractivity contribution is -0.133. The molecule has 8 heteroatoms. The van der Waals surface area contributed by atoms with Gasteiger partial charge in [-0.1, -0.05) is 54.6 Å². The Morgan fingerprint density at radius 1 is 0.605 bits per heavy atom. The first-order valence-electron chi connectivity index (χ1n) is 12.7. The van der Waals surface area contributed by atoms with Crippen molar-refractivity contribution in [3.8, 4) is 0 Å². The van der Waals surface area contributed by atoms with Crippen LogP contribution in [0, 0.1) is 0 Å². The molecule has 0 saturated carbocycles. The van der Waals surface area contributed by atoms with E-state index in [9.17, 15) is 19.2 Å². The molecule has 2 heterocycles. The van der Waals surface area contributed by atoms with Gasteiger partial charge in [0.2, 0.25) is 17.7 Å². The predicted molar refractivity (Wildman–Crippen MR) is 143 cm³/mol. The van der Waals surface area contributed by atoms with Gasteiger partial charge in [-0.05, 0) is 53.3 Å². The van der Waals surface area contributed by atoms with Crippen LogP contribution in [0.25, 0.3) is 0 Å². The highest BCUT2D eigenvalue weighted by Gasteiger charge is 2.21. The van der Waals surface area contributed by atoms with Crippen molar-refractivity contribution < 1.29 is 19.2 Å². The Morgan fingerprint density at radius 3 is 1.61 bits per heavy atom. The highest BCUT2D eigenvalue weighted by molar-refractivity contribution is 5.99. The molecular weight excluding hydrogens is 480 g/mol. The second-order valence-electron chi connectivity index (χ2n) is 9.67. The molecule has 0 atom stereocenters. The molecule has 4 N–H and O–H groups in total. The zero-order valence-corrected chi connectivity index (χ0v) is 21.3. The van der Waals surface area contributed by atoms with E-state index in [-0.39, 0.29) is 17.7 Å². The lowest BCUT2D eigenvalue weighted by Gasteiger charge is -2.27. The monoisotopic (exact) mass is 512 g/mol. The summed E-state index contributed by atoms with van der Waals surface area (Å²) in [6.45, 7) is 2.58. The van der Waals surface area contributed by atoms with Crippen LogP contribution in [0.15, 0.2) is 72.8 Å². The smallest absolute Gasteiger partial charge is 0.254 e. The molecule has 4 bridgehead atoms. The van der Waals surface area contributed by atoms with E-state index < -0.39 is 5.91 Å². The normalized spacial score (nSPS) is 13.3. The van der Waals surface area contributed by atoms with E-state index in [0.717, 1.165) is 17.5 Å². The number of hydrogen-bond acceptors (Lipinski definition) is 4. The third-order valence-corrected chi connectivity index (χ3v) is 6.57. The molecule has 8 nitrogen and oxygen atoms in total. The zero-order chi connectivity index (χ0) is 27.1.